The van der Waals surface area contributed by atoms with E-state index >= 15 is 0 Å². The molecule has 0 aromatic carbocycles. The molecule has 2 aromatic rings. The van der Waals surface area contributed by atoms with E-state index in [0.717, 1.165) is 35.7 Å². The Hall–Kier alpha value is -1.65. The molecule has 0 spiro atoms. The lowest BCUT2D eigenvalue weighted by atomic mass is 9.96. The highest BCUT2D eigenvalue weighted by Crippen LogP contribution is 2.37. The summed E-state index contributed by atoms with van der Waals surface area (Å²) in [5, 5.41) is 17.3. The van der Waals surface area contributed by atoms with Crippen LogP contribution < -0.4 is 5.32 Å². The first-order valence-electron chi connectivity index (χ1n) is 7.62. The van der Waals surface area contributed by atoms with Crippen LogP contribution in [0.5, 0.6) is 0 Å². The highest BCUT2D eigenvalue weighted by Gasteiger charge is 2.23. The van der Waals surface area contributed by atoms with Crippen molar-refractivity contribution < 1.29 is 4.79 Å². The lowest BCUT2D eigenvalue weighted by Crippen LogP contribution is -2.24. The molecule has 0 bridgehead atoms. The number of rotatable bonds is 4. The van der Waals surface area contributed by atoms with Gasteiger partial charge in [-0.1, -0.05) is 6.92 Å². The maximum atomic E-state index is 12.4. The summed E-state index contributed by atoms with van der Waals surface area (Å²) in [6, 6.07) is 2.27. The van der Waals surface area contributed by atoms with Gasteiger partial charge in [0.2, 0.25) is 5.91 Å². The van der Waals surface area contributed by atoms with E-state index in [1.807, 2.05) is 13.1 Å². The van der Waals surface area contributed by atoms with Crippen LogP contribution in [0, 0.1) is 17.2 Å². The fourth-order valence-corrected chi connectivity index (χ4v) is 4.38. The van der Waals surface area contributed by atoms with Crippen LogP contribution in [0.25, 0.3) is 0 Å². The third kappa shape index (κ3) is 3.48. The van der Waals surface area contributed by atoms with Crippen LogP contribution in [-0.4, -0.2) is 15.7 Å². The Kier molecular flexibility index (Phi) is 4.83. The van der Waals surface area contributed by atoms with Gasteiger partial charge in [-0.25, -0.2) is 0 Å². The van der Waals surface area contributed by atoms with Crippen LogP contribution in [0.15, 0.2) is 16.9 Å². The SMILES string of the molecule is C[C@@H](Cn1cc(Br)cn1)C(=O)Nc1sc2c(c1C#N)CCCC2. The van der Waals surface area contributed by atoms with Crippen LogP contribution >= 0.6 is 27.3 Å². The summed E-state index contributed by atoms with van der Waals surface area (Å²) in [6.07, 6.45) is 7.79. The van der Waals surface area contributed by atoms with Gasteiger partial charge in [-0.2, -0.15) is 10.4 Å². The van der Waals surface area contributed by atoms with Crippen molar-refractivity contribution in [3.05, 3.63) is 32.9 Å². The van der Waals surface area contributed by atoms with E-state index in [4.69, 9.17) is 0 Å². The molecule has 0 unspecified atom stereocenters. The van der Waals surface area contributed by atoms with Gasteiger partial charge in [0.1, 0.15) is 11.1 Å². The van der Waals surface area contributed by atoms with Crippen molar-refractivity contribution in [2.45, 2.75) is 39.2 Å². The van der Waals surface area contributed by atoms with Gasteiger partial charge < -0.3 is 5.32 Å². The smallest absolute Gasteiger partial charge is 0.229 e. The van der Waals surface area contributed by atoms with Gasteiger partial charge in [0.15, 0.2) is 0 Å². The number of nitrogens with zero attached hydrogens (tertiary/aromatic N) is 3. The number of hydrogen-bond donors (Lipinski definition) is 1. The van der Waals surface area contributed by atoms with Gasteiger partial charge in [0.25, 0.3) is 0 Å². The Bertz CT molecular complexity index is 774. The molecule has 1 aliphatic rings. The zero-order valence-electron chi connectivity index (χ0n) is 12.8. The van der Waals surface area contributed by atoms with Crippen molar-refractivity contribution in [1.82, 2.24) is 9.78 Å². The van der Waals surface area contributed by atoms with E-state index in [1.165, 1.54) is 4.88 Å². The first-order valence-corrected chi connectivity index (χ1v) is 9.23. The Morgan fingerprint density at radius 2 is 2.35 bits per heavy atom. The van der Waals surface area contributed by atoms with Crippen LogP contribution in [-0.2, 0) is 24.2 Å². The second kappa shape index (κ2) is 6.85. The molecule has 1 amide bonds. The molecule has 0 saturated heterocycles. The van der Waals surface area contributed by atoms with E-state index in [9.17, 15) is 10.1 Å². The number of aryl methyl sites for hydroxylation is 1. The van der Waals surface area contributed by atoms with E-state index in [1.54, 1.807) is 22.2 Å². The number of carbonyl (C=O) groups is 1. The summed E-state index contributed by atoms with van der Waals surface area (Å²) in [5.74, 6) is -0.306. The Morgan fingerprint density at radius 1 is 1.57 bits per heavy atom. The van der Waals surface area contributed by atoms with Crippen LogP contribution in [0.1, 0.15) is 35.8 Å². The lowest BCUT2D eigenvalue weighted by Gasteiger charge is -2.11. The van der Waals surface area contributed by atoms with Crippen molar-refractivity contribution in [1.29, 1.82) is 5.26 Å². The summed E-state index contributed by atoms with van der Waals surface area (Å²) in [7, 11) is 0. The molecule has 1 N–H and O–H groups in total. The highest BCUT2D eigenvalue weighted by atomic mass is 79.9. The molecule has 2 heterocycles. The molecule has 1 aliphatic carbocycles. The Morgan fingerprint density at radius 3 is 3.04 bits per heavy atom. The number of fused-ring (bicyclic) bond motifs is 1. The van der Waals surface area contributed by atoms with Gasteiger partial charge in [-0.3, -0.25) is 9.48 Å². The number of amides is 1. The van der Waals surface area contributed by atoms with E-state index < -0.39 is 0 Å². The summed E-state index contributed by atoms with van der Waals surface area (Å²) in [6.45, 7) is 2.37. The predicted molar refractivity (Wildman–Crippen MR) is 93.4 cm³/mol. The number of nitriles is 1. The highest BCUT2D eigenvalue weighted by molar-refractivity contribution is 9.10. The molecule has 2 aromatic heterocycles. The average molecular weight is 393 g/mol. The average Bonchev–Trinajstić information content (AvgIpc) is 3.09. The monoisotopic (exact) mass is 392 g/mol. The molecule has 1 atom stereocenters. The number of nitrogens with one attached hydrogen (secondary N) is 1. The summed E-state index contributed by atoms with van der Waals surface area (Å²) in [5.41, 5.74) is 1.80. The van der Waals surface area contributed by atoms with Crippen LogP contribution in [0.3, 0.4) is 0 Å². The van der Waals surface area contributed by atoms with Crippen molar-refractivity contribution in [3.8, 4) is 6.07 Å². The number of hydrogen-bond acceptors (Lipinski definition) is 4. The molecule has 120 valence electrons. The molecular formula is C16H17BrN4OS. The molecular weight excluding hydrogens is 376 g/mol. The van der Waals surface area contributed by atoms with Crippen LogP contribution in [0.4, 0.5) is 5.00 Å². The van der Waals surface area contributed by atoms with Gasteiger partial charge in [0.05, 0.1) is 28.7 Å². The minimum absolute atomic E-state index is 0.0771. The van der Waals surface area contributed by atoms with Gasteiger partial charge >= 0.3 is 0 Å². The lowest BCUT2D eigenvalue weighted by molar-refractivity contribution is -0.119. The molecule has 0 saturated carbocycles. The second-order valence-electron chi connectivity index (χ2n) is 5.80. The predicted octanol–water partition coefficient (Wildman–Crippen LogP) is 3.73. The number of anilines is 1. The summed E-state index contributed by atoms with van der Waals surface area (Å²) < 4.78 is 2.63. The van der Waals surface area contributed by atoms with Gasteiger partial charge in [-0.15, -0.1) is 11.3 Å². The van der Waals surface area contributed by atoms with Crippen molar-refractivity contribution in [2.24, 2.45) is 5.92 Å². The van der Waals surface area contributed by atoms with E-state index in [0.29, 0.717) is 17.1 Å². The second-order valence-corrected chi connectivity index (χ2v) is 7.82. The van der Waals surface area contributed by atoms with Crippen LogP contribution in [0.2, 0.25) is 0 Å². The van der Waals surface area contributed by atoms with Crippen molar-refractivity contribution >= 4 is 38.2 Å². The minimum Gasteiger partial charge on any atom is -0.316 e. The number of aromatic nitrogens is 2. The summed E-state index contributed by atoms with van der Waals surface area (Å²) in [4.78, 5) is 13.7. The van der Waals surface area contributed by atoms with Gasteiger partial charge in [0, 0.05) is 11.1 Å². The van der Waals surface area contributed by atoms with Crippen molar-refractivity contribution in [3.63, 3.8) is 0 Å². The van der Waals surface area contributed by atoms with Gasteiger partial charge in [-0.05, 0) is 47.2 Å². The number of carbonyl (C=O) groups excluding carboxylic acids is 1. The van der Waals surface area contributed by atoms with E-state index in [2.05, 4.69) is 32.4 Å². The molecule has 5 nitrogen and oxygen atoms in total. The Balaban J connectivity index is 1.72. The quantitative estimate of drug-likeness (QED) is 0.861. The fraction of sp³-hybridized carbons (Fsp3) is 0.438. The third-order valence-corrected chi connectivity index (χ3v) is 5.65. The molecule has 3 rings (SSSR count). The topological polar surface area (TPSA) is 70.7 Å². The van der Waals surface area contributed by atoms with Crippen molar-refractivity contribution in [2.75, 3.05) is 5.32 Å². The zero-order chi connectivity index (χ0) is 16.4. The third-order valence-electron chi connectivity index (χ3n) is 4.03. The molecule has 23 heavy (non-hydrogen) atoms. The minimum atomic E-state index is -0.229. The normalized spacial score (nSPS) is 14.8. The molecule has 0 fully saturated rings. The first kappa shape index (κ1) is 16.2. The number of halogens is 1. The zero-order valence-corrected chi connectivity index (χ0v) is 15.2. The van der Waals surface area contributed by atoms with E-state index in [-0.39, 0.29) is 11.8 Å². The first-order chi connectivity index (χ1) is 11.1. The maximum Gasteiger partial charge on any atom is 0.229 e. The standard InChI is InChI=1S/C16H17BrN4OS/c1-10(8-21-9-11(17)7-19-21)15(22)20-16-13(6-18)12-4-2-3-5-14(12)23-16/h7,9-10H,2-5,8H2,1H3,(H,20,22)/t10-/m0/s1. The summed E-state index contributed by atoms with van der Waals surface area (Å²) >= 11 is 4.90. The Labute approximate surface area is 147 Å². The maximum absolute atomic E-state index is 12.4. The number of thiophene rings is 1. The fourth-order valence-electron chi connectivity index (χ4n) is 2.81. The molecule has 7 heteroatoms. The molecule has 0 aliphatic heterocycles. The largest absolute Gasteiger partial charge is 0.316 e. The molecule has 0 radical (unpaired) electrons.